The molecule has 0 saturated heterocycles. The monoisotopic (exact) mass is 198 g/mol. The van der Waals surface area contributed by atoms with Crippen LogP contribution in [-0.2, 0) is 4.79 Å². The van der Waals surface area contributed by atoms with Gasteiger partial charge in [-0.1, -0.05) is 0 Å². The fraction of sp³-hybridized carbons (Fsp3) is 0.250. The van der Waals surface area contributed by atoms with Gasteiger partial charge in [-0.25, -0.2) is 4.79 Å². The molecule has 0 aliphatic heterocycles. The molecule has 0 bridgehead atoms. The molecule has 0 aliphatic carbocycles. The number of hydrogen-bond donors (Lipinski definition) is 3. The van der Waals surface area contributed by atoms with Crippen LogP contribution < -0.4 is 11.1 Å². The fourth-order valence-corrected chi connectivity index (χ4v) is 0.857. The molecule has 0 atom stereocenters. The summed E-state index contributed by atoms with van der Waals surface area (Å²) in [6, 6.07) is 2.80. The quantitative estimate of drug-likeness (QED) is 0.629. The number of furan rings is 1. The molecule has 76 valence electrons. The first-order chi connectivity index (χ1) is 6.59. The van der Waals surface area contributed by atoms with Crippen LogP contribution in [0.3, 0.4) is 0 Å². The lowest BCUT2D eigenvalue weighted by Gasteiger charge is -1.98. The Balaban J connectivity index is 2.44. The Labute approximate surface area is 79.7 Å². The third-order valence-corrected chi connectivity index (χ3v) is 1.49. The second kappa shape index (κ2) is 4.31. The van der Waals surface area contributed by atoms with Crippen LogP contribution in [0.25, 0.3) is 0 Å². The maximum atomic E-state index is 10.4. The summed E-state index contributed by atoms with van der Waals surface area (Å²) in [6.45, 7) is 0.321. The number of nitrogens with one attached hydrogen (secondary N) is 1. The van der Waals surface area contributed by atoms with Crippen molar-refractivity contribution in [2.24, 2.45) is 5.73 Å². The van der Waals surface area contributed by atoms with Gasteiger partial charge in [0.1, 0.15) is 0 Å². The van der Waals surface area contributed by atoms with Crippen LogP contribution in [0.5, 0.6) is 0 Å². The van der Waals surface area contributed by atoms with Crippen molar-refractivity contribution < 1.29 is 19.1 Å². The van der Waals surface area contributed by atoms with Crippen LogP contribution in [0.2, 0.25) is 0 Å². The van der Waals surface area contributed by atoms with Crippen molar-refractivity contribution >= 4 is 17.8 Å². The van der Waals surface area contributed by atoms with Gasteiger partial charge in [0.2, 0.25) is 11.7 Å². The summed E-state index contributed by atoms with van der Waals surface area (Å²) in [6.07, 6.45) is 0.170. The number of carboxylic acids is 1. The maximum absolute atomic E-state index is 10.4. The third kappa shape index (κ3) is 2.81. The largest absolute Gasteiger partial charge is 0.475 e. The molecule has 1 aromatic rings. The average Bonchev–Trinajstić information content (AvgIpc) is 2.52. The predicted octanol–water partition coefficient (Wildman–Crippen LogP) is 0.265. The van der Waals surface area contributed by atoms with E-state index in [-0.39, 0.29) is 12.2 Å². The predicted molar refractivity (Wildman–Crippen MR) is 48.0 cm³/mol. The van der Waals surface area contributed by atoms with Crippen LogP contribution in [0.15, 0.2) is 16.5 Å². The molecular formula is C8H10N2O4. The van der Waals surface area contributed by atoms with Gasteiger partial charge < -0.3 is 20.6 Å². The summed E-state index contributed by atoms with van der Waals surface area (Å²) in [5.74, 6) is -1.40. The average molecular weight is 198 g/mol. The van der Waals surface area contributed by atoms with E-state index in [9.17, 15) is 9.59 Å². The summed E-state index contributed by atoms with van der Waals surface area (Å²) < 4.78 is 4.86. The van der Waals surface area contributed by atoms with E-state index in [1.807, 2.05) is 0 Å². The van der Waals surface area contributed by atoms with Gasteiger partial charge in [-0.2, -0.15) is 0 Å². The lowest BCUT2D eigenvalue weighted by molar-refractivity contribution is -0.117. The Morgan fingerprint density at radius 3 is 2.71 bits per heavy atom. The van der Waals surface area contributed by atoms with Crippen molar-refractivity contribution in [3.05, 3.63) is 17.9 Å². The highest BCUT2D eigenvalue weighted by Crippen LogP contribution is 2.12. The number of carbonyl (C=O) groups excluding carboxylic acids is 1. The molecule has 0 saturated carbocycles. The van der Waals surface area contributed by atoms with Gasteiger partial charge in [0.25, 0.3) is 0 Å². The Kier molecular flexibility index (Phi) is 3.11. The standard InChI is InChI=1S/C8H10N2O4/c9-6(11)3-4-10-7-2-1-5(14-7)8(12)13/h1-2,10H,3-4H2,(H2,9,11)(H,12,13). The summed E-state index contributed by atoms with van der Waals surface area (Å²) in [4.78, 5) is 20.8. The molecule has 4 N–H and O–H groups in total. The number of rotatable bonds is 5. The molecule has 1 amide bonds. The Morgan fingerprint density at radius 2 is 2.21 bits per heavy atom. The molecule has 1 heterocycles. The van der Waals surface area contributed by atoms with Gasteiger partial charge in [0.05, 0.1) is 0 Å². The van der Waals surface area contributed by atoms with Gasteiger partial charge in [-0.05, 0) is 6.07 Å². The second-order valence-electron chi connectivity index (χ2n) is 2.61. The first-order valence-electron chi connectivity index (χ1n) is 3.95. The zero-order valence-corrected chi connectivity index (χ0v) is 7.32. The Morgan fingerprint density at radius 1 is 1.50 bits per heavy atom. The van der Waals surface area contributed by atoms with Gasteiger partial charge in [0, 0.05) is 19.0 Å². The van der Waals surface area contributed by atoms with E-state index >= 15 is 0 Å². The van der Waals surface area contributed by atoms with Gasteiger partial charge >= 0.3 is 5.97 Å². The lowest BCUT2D eigenvalue weighted by Crippen LogP contribution is -2.15. The van der Waals surface area contributed by atoms with E-state index < -0.39 is 11.9 Å². The number of anilines is 1. The highest BCUT2D eigenvalue weighted by Gasteiger charge is 2.08. The number of primary amides is 1. The summed E-state index contributed by atoms with van der Waals surface area (Å²) in [5, 5.41) is 11.2. The Hall–Kier alpha value is -1.98. The van der Waals surface area contributed by atoms with Crippen molar-refractivity contribution in [3.8, 4) is 0 Å². The van der Waals surface area contributed by atoms with Gasteiger partial charge in [0.15, 0.2) is 5.88 Å². The number of nitrogens with two attached hydrogens (primary N) is 1. The molecule has 1 aromatic heterocycles. The molecule has 6 nitrogen and oxygen atoms in total. The summed E-state index contributed by atoms with van der Waals surface area (Å²) in [7, 11) is 0. The van der Waals surface area contributed by atoms with E-state index in [4.69, 9.17) is 15.3 Å². The van der Waals surface area contributed by atoms with Gasteiger partial charge in [-0.3, -0.25) is 4.79 Å². The van der Waals surface area contributed by atoms with Crippen LogP contribution >= 0.6 is 0 Å². The lowest BCUT2D eigenvalue weighted by atomic mass is 10.4. The molecule has 0 spiro atoms. The van der Waals surface area contributed by atoms with Crippen molar-refractivity contribution in [1.29, 1.82) is 0 Å². The minimum Gasteiger partial charge on any atom is -0.475 e. The number of hydrogen-bond acceptors (Lipinski definition) is 4. The first-order valence-corrected chi connectivity index (χ1v) is 3.95. The van der Waals surface area contributed by atoms with Crippen LogP contribution in [0.4, 0.5) is 5.88 Å². The van der Waals surface area contributed by atoms with Crippen LogP contribution in [0, 0.1) is 0 Å². The fourth-order valence-electron chi connectivity index (χ4n) is 0.857. The summed E-state index contributed by atoms with van der Waals surface area (Å²) >= 11 is 0. The minimum atomic E-state index is -1.13. The molecule has 0 fully saturated rings. The zero-order chi connectivity index (χ0) is 10.6. The summed E-state index contributed by atoms with van der Waals surface area (Å²) in [5.41, 5.74) is 4.91. The SMILES string of the molecule is NC(=O)CCNc1ccc(C(=O)O)o1. The number of carboxylic acid groups (broad SMARTS) is 1. The normalized spacial score (nSPS) is 9.71. The van der Waals surface area contributed by atoms with E-state index in [0.717, 1.165) is 0 Å². The molecule has 0 aromatic carbocycles. The molecule has 1 rings (SSSR count). The highest BCUT2D eigenvalue weighted by molar-refractivity contribution is 5.84. The van der Waals surface area contributed by atoms with Crippen molar-refractivity contribution in [1.82, 2.24) is 0 Å². The smallest absolute Gasteiger partial charge is 0.371 e. The number of aromatic carboxylic acids is 1. The minimum absolute atomic E-state index is 0.147. The van der Waals surface area contributed by atoms with Crippen LogP contribution in [0.1, 0.15) is 17.0 Å². The molecule has 6 heteroatoms. The van der Waals surface area contributed by atoms with E-state index in [1.165, 1.54) is 12.1 Å². The van der Waals surface area contributed by atoms with E-state index in [1.54, 1.807) is 0 Å². The maximum Gasteiger partial charge on any atom is 0.371 e. The number of amides is 1. The molecule has 0 radical (unpaired) electrons. The molecule has 14 heavy (non-hydrogen) atoms. The molecule has 0 unspecified atom stereocenters. The van der Waals surface area contributed by atoms with Crippen molar-refractivity contribution in [3.63, 3.8) is 0 Å². The Bertz CT molecular complexity index is 345. The van der Waals surface area contributed by atoms with Gasteiger partial charge in [-0.15, -0.1) is 0 Å². The van der Waals surface area contributed by atoms with Crippen molar-refractivity contribution in [2.75, 3.05) is 11.9 Å². The first kappa shape index (κ1) is 10.1. The molecular weight excluding hydrogens is 188 g/mol. The van der Waals surface area contributed by atoms with E-state index in [0.29, 0.717) is 12.4 Å². The highest BCUT2D eigenvalue weighted by atomic mass is 16.4. The zero-order valence-electron chi connectivity index (χ0n) is 7.32. The molecule has 0 aliphatic rings. The third-order valence-electron chi connectivity index (χ3n) is 1.49. The van der Waals surface area contributed by atoms with Crippen molar-refractivity contribution in [2.45, 2.75) is 6.42 Å². The second-order valence-corrected chi connectivity index (χ2v) is 2.61. The number of carbonyl (C=O) groups is 2. The topological polar surface area (TPSA) is 106 Å². The van der Waals surface area contributed by atoms with E-state index in [2.05, 4.69) is 5.32 Å². The van der Waals surface area contributed by atoms with Crippen LogP contribution in [-0.4, -0.2) is 23.5 Å².